The molecule has 12 heteroatoms. The molecule has 0 aliphatic heterocycles. The van der Waals surface area contributed by atoms with Gasteiger partial charge in [-0.05, 0) is 32.2 Å². The SMILES string of the molecule is CC(C)[C@@H](NC(=O)[C@@H](C)NC(=O)[C@@H](N)CCCCN)C(=O)N[C@@H](CC(=O)O)C(N)=O. The van der Waals surface area contributed by atoms with Gasteiger partial charge in [-0.3, -0.25) is 24.0 Å². The number of nitrogens with two attached hydrogens (primary N) is 3. The zero-order valence-electron chi connectivity index (χ0n) is 17.6. The number of rotatable bonds is 14. The smallest absolute Gasteiger partial charge is 0.305 e. The Bertz CT molecular complexity index is 626. The van der Waals surface area contributed by atoms with E-state index in [0.717, 1.165) is 6.42 Å². The van der Waals surface area contributed by atoms with Gasteiger partial charge in [-0.15, -0.1) is 0 Å². The first-order chi connectivity index (χ1) is 13.9. The molecule has 12 nitrogen and oxygen atoms in total. The second-order valence-corrected chi connectivity index (χ2v) is 7.41. The summed E-state index contributed by atoms with van der Waals surface area (Å²) in [4.78, 5) is 59.2. The summed E-state index contributed by atoms with van der Waals surface area (Å²) in [5.41, 5.74) is 16.3. The minimum absolute atomic E-state index is 0.395. The number of unbranched alkanes of at least 4 members (excludes halogenated alkanes) is 1. The van der Waals surface area contributed by atoms with Gasteiger partial charge < -0.3 is 38.3 Å². The van der Waals surface area contributed by atoms with Gasteiger partial charge in [0, 0.05) is 0 Å². The molecular formula is C18H34N6O6. The minimum atomic E-state index is -1.42. The van der Waals surface area contributed by atoms with Gasteiger partial charge in [0.1, 0.15) is 18.1 Å². The normalized spacial score (nSPS) is 14.9. The van der Waals surface area contributed by atoms with Crippen molar-refractivity contribution >= 4 is 29.6 Å². The van der Waals surface area contributed by atoms with Gasteiger partial charge in [0.2, 0.25) is 23.6 Å². The van der Waals surface area contributed by atoms with Gasteiger partial charge in [0.15, 0.2) is 0 Å². The van der Waals surface area contributed by atoms with Crippen LogP contribution in [0.4, 0.5) is 0 Å². The number of hydrogen-bond donors (Lipinski definition) is 7. The molecule has 0 unspecified atom stereocenters. The molecule has 4 atom stereocenters. The molecule has 0 spiro atoms. The van der Waals surface area contributed by atoms with Gasteiger partial charge in [-0.1, -0.05) is 20.3 Å². The first kappa shape index (κ1) is 27.3. The number of aliphatic carboxylic acids is 1. The number of primary amides is 1. The molecule has 0 rings (SSSR count). The number of carbonyl (C=O) groups excluding carboxylic acids is 4. The van der Waals surface area contributed by atoms with Crippen LogP contribution in [0.1, 0.15) is 46.5 Å². The largest absolute Gasteiger partial charge is 0.481 e. The summed E-state index contributed by atoms with van der Waals surface area (Å²) in [5.74, 6) is -4.63. The highest BCUT2D eigenvalue weighted by molar-refractivity contribution is 5.95. The van der Waals surface area contributed by atoms with E-state index in [4.69, 9.17) is 22.3 Å². The van der Waals surface area contributed by atoms with Crippen LogP contribution in [-0.2, 0) is 24.0 Å². The van der Waals surface area contributed by atoms with Crippen molar-refractivity contribution in [3.05, 3.63) is 0 Å². The quantitative estimate of drug-likeness (QED) is 0.146. The number of carbonyl (C=O) groups is 5. The molecule has 0 aliphatic rings. The van der Waals surface area contributed by atoms with Crippen molar-refractivity contribution in [1.29, 1.82) is 0 Å². The number of amides is 4. The monoisotopic (exact) mass is 430 g/mol. The van der Waals surface area contributed by atoms with Gasteiger partial charge in [-0.25, -0.2) is 0 Å². The third-order valence-electron chi connectivity index (χ3n) is 4.34. The molecule has 0 aromatic carbocycles. The molecule has 0 fully saturated rings. The van der Waals surface area contributed by atoms with E-state index in [9.17, 15) is 24.0 Å². The van der Waals surface area contributed by atoms with Crippen LogP contribution < -0.4 is 33.2 Å². The summed E-state index contributed by atoms with van der Waals surface area (Å²) in [6.07, 6.45) is 1.15. The Morgan fingerprint density at radius 2 is 1.50 bits per heavy atom. The van der Waals surface area contributed by atoms with Gasteiger partial charge in [0.25, 0.3) is 0 Å². The van der Waals surface area contributed by atoms with Crippen LogP contribution in [0.25, 0.3) is 0 Å². The van der Waals surface area contributed by atoms with Crippen LogP contribution in [0.5, 0.6) is 0 Å². The summed E-state index contributed by atoms with van der Waals surface area (Å²) in [7, 11) is 0. The lowest BCUT2D eigenvalue weighted by molar-refractivity contribution is -0.140. The molecule has 30 heavy (non-hydrogen) atoms. The molecule has 10 N–H and O–H groups in total. The highest BCUT2D eigenvalue weighted by Gasteiger charge is 2.30. The molecule has 0 aromatic heterocycles. The highest BCUT2D eigenvalue weighted by atomic mass is 16.4. The number of hydrogen-bond acceptors (Lipinski definition) is 7. The second kappa shape index (κ2) is 13.5. The topological polar surface area (TPSA) is 220 Å². The third kappa shape index (κ3) is 10.2. The minimum Gasteiger partial charge on any atom is -0.481 e. The lowest BCUT2D eigenvalue weighted by atomic mass is 10.0. The standard InChI is InChI=1S/C18H34N6O6/c1-9(2)14(18(30)23-12(15(21)27)8-13(25)26)24-16(28)10(3)22-17(29)11(20)6-4-5-7-19/h9-12,14H,4-8,19-20H2,1-3H3,(H2,21,27)(H,22,29)(H,23,30)(H,24,28)(H,25,26)/t10-,11+,12+,14-/m1/s1. The van der Waals surface area contributed by atoms with Crippen LogP contribution in [0.2, 0.25) is 0 Å². The zero-order valence-corrected chi connectivity index (χ0v) is 17.6. The lowest BCUT2D eigenvalue weighted by Crippen LogP contribution is -2.58. The predicted molar refractivity (Wildman–Crippen MR) is 109 cm³/mol. The zero-order chi connectivity index (χ0) is 23.4. The fourth-order valence-electron chi connectivity index (χ4n) is 2.50. The number of nitrogens with one attached hydrogen (secondary N) is 3. The second-order valence-electron chi connectivity index (χ2n) is 7.41. The van der Waals surface area contributed by atoms with Crippen molar-refractivity contribution in [1.82, 2.24) is 16.0 Å². The van der Waals surface area contributed by atoms with Crippen LogP contribution in [-0.4, -0.2) is 65.4 Å². The predicted octanol–water partition coefficient (Wildman–Crippen LogP) is -2.47. The van der Waals surface area contributed by atoms with E-state index in [1.807, 2.05) is 0 Å². The number of carboxylic acids is 1. The summed E-state index contributed by atoms with van der Waals surface area (Å²) >= 11 is 0. The Kier molecular flexibility index (Phi) is 12.3. The van der Waals surface area contributed by atoms with Crippen molar-refractivity contribution in [2.75, 3.05) is 6.54 Å². The van der Waals surface area contributed by atoms with Crippen molar-refractivity contribution in [3.8, 4) is 0 Å². The third-order valence-corrected chi connectivity index (χ3v) is 4.34. The Morgan fingerprint density at radius 3 is 1.97 bits per heavy atom. The maximum Gasteiger partial charge on any atom is 0.305 e. The van der Waals surface area contributed by atoms with E-state index in [2.05, 4.69) is 16.0 Å². The molecular weight excluding hydrogens is 396 g/mol. The van der Waals surface area contributed by atoms with Crippen LogP contribution in [0.3, 0.4) is 0 Å². The molecule has 0 saturated carbocycles. The highest BCUT2D eigenvalue weighted by Crippen LogP contribution is 2.05. The maximum absolute atomic E-state index is 12.5. The van der Waals surface area contributed by atoms with Crippen molar-refractivity contribution < 1.29 is 29.1 Å². The summed E-state index contributed by atoms with van der Waals surface area (Å²) in [5, 5.41) is 16.0. The van der Waals surface area contributed by atoms with Gasteiger partial charge in [0.05, 0.1) is 12.5 Å². The fourth-order valence-corrected chi connectivity index (χ4v) is 2.50. The number of carboxylic acid groups (broad SMARTS) is 1. The van der Waals surface area contributed by atoms with E-state index >= 15 is 0 Å². The first-order valence-electron chi connectivity index (χ1n) is 9.78. The molecule has 0 bridgehead atoms. The lowest BCUT2D eigenvalue weighted by Gasteiger charge is -2.26. The van der Waals surface area contributed by atoms with Gasteiger partial charge in [-0.2, -0.15) is 0 Å². The molecule has 172 valence electrons. The van der Waals surface area contributed by atoms with E-state index < -0.39 is 66.1 Å². The average molecular weight is 431 g/mol. The molecule has 4 amide bonds. The Hall–Kier alpha value is -2.73. The molecule has 0 saturated heterocycles. The Morgan fingerprint density at radius 1 is 0.900 bits per heavy atom. The van der Waals surface area contributed by atoms with Crippen LogP contribution in [0, 0.1) is 5.92 Å². The Balaban J connectivity index is 4.93. The van der Waals surface area contributed by atoms with E-state index in [-0.39, 0.29) is 0 Å². The van der Waals surface area contributed by atoms with Gasteiger partial charge >= 0.3 is 5.97 Å². The first-order valence-corrected chi connectivity index (χ1v) is 9.78. The van der Waals surface area contributed by atoms with Crippen molar-refractivity contribution in [3.63, 3.8) is 0 Å². The van der Waals surface area contributed by atoms with Crippen LogP contribution in [0.15, 0.2) is 0 Å². The molecule has 0 aromatic rings. The molecule has 0 aliphatic carbocycles. The van der Waals surface area contributed by atoms with Crippen molar-refractivity contribution in [2.24, 2.45) is 23.1 Å². The fraction of sp³-hybridized carbons (Fsp3) is 0.722. The molecule has 0 heterocycles. The van der Waals surface area contributed by atoms with Crippen molar-refractivity contribution in [2.45, 2.75) is 70.6 Å². The van der Waals surface area contributed by atoms with E-state index in [0.29, 0.717) is 19.4 Å². The summed E-state index contributed by atoms with van der Waals surface area (Å²) < 4.78 is 0. The van der Waals surface area contributed by atoms with E-state index in [1.165, 1.54) is 6.92 Å². The summed E-state index contributed by atoms with van der Waals surface area (Å²) in [6, 6.07) is -4.26. The van der Waals surface area contributed by atoms with Crippen LogP contribution >= 0.6 is 0 Å². The van der Waals surface area contributed by atoms with E-state index in [1.54, 1.807) is 13.8 Å². The summed E-state index contributed by atoms with van der Waals surface area (Å²) in [6.45, 7) is 5.23. The molecule has 0 radical (unpaired) electrons. The average Bonchev–Trinajstić information content (AvgIpc) is 2.64. The Labute approximate surface area is 175 Å². The maximum atomic E-state index is 12.5.